The highest BCUT2D eigenvalue weighted by Crippen LogP contribution is 2.30. The number of benzene rings is 3. The number of hydrogen-bond donors (Lipinski definition) is 1. The van der Waals surface area contributed by atoms with Crippen molar-refractivity contribution in [1.82, 2.24) is 10.2 Å². The van der Waals surface area contributed by atoms with E-state index in [1.165, 1.54) is 4.31 Å². The van der Waals surface area contributed by atoms with E-state index in [0.29, 0.717) is 31.0 Å². The summed E-state index contributed by atoms with van der Waals surface area (Å²) in [6.45, 7) is 4.88. The van der Waals surface area contributed by atoms with Crippen LogP contribution in [0.5, 0.6) is 5.75 Å². The fraction of sp³-hybridized carbons (Fsp3) is 0.355. The van der Waals surface area contributed by atoms with Gasteiger partial charge in [-0.15, -0.1) is 0 Å². The molecule has 3 aromatic carbocycles. The van der Waals surface area contributed by atoms with E-state index in [0.717, 1.165) is 17.4 Å². The minimum Gasteiger partial charge on any atom is -0.492 e. The first kappa shape index (κ1) is 30.7. The molecule has 0 unspecified atom stereocenters. The molecule has 40 heavy (non-hydrogen) atoms. The van der Waals surface area contributed by atoms with E-state index >= 15 is 0 Å². The topological polar surface area (TPSA) is 96.0 Å². The van der Waals surface area contributed by atoms with E-state index in [-0.39, 0.29) is 37.7 Å². The summed E-state index contributed by atoms with van der Waals surface area (Å²) in [5.41, 5.74) is 2.28. The van der Waals surface area contributed by atoms with Crippen LogP contribution in [0, 0.1) is 0 Å². The van der Waals surface area contributed by atoms with Crippen molar-refractivity contribution in [3.8, 4) is 5.75 Å². The van der Waals surface area contributed by atoms with Gasteiger partial charge < -0.3 is 15.0 Å². The monoisotopic (exact) mass is 565 g/mol. The zero-order valence-electron chi connectivity index (χ0n) is 23.5. The number of carbonyl (C=O) groups excluding carboxylic acids is 2. The molecule has 1 atom stereocenters. The second-order valence-corrected chi connectivity index (χ2v) is 11.4. The fourth-order valence-corrected chi connectivity index (χ4v) is 5.52. The third-order valence-electron chi connectivity index (χ3n) is 6.40. The quantitative estimate of drug-likeness (QED) is 0.295. The van der Waals surface area contributed by atoms with Crippen LogP contribution in [0.3, 0.4) is 0 Å². The number of nitrogens with one attached hydrogen (secondary N) is 1. The molecular weight excluding hydrogens is 526 g/mol. The molecule has 0 aliphatic carbocycles. The molecule has 3 rings (SSSR count). The molecule has 0 aromatic heterocycles. The van der Waals surface area contributed by atoms with Gasteiger partial charge in [0.25, 0.3) is 0 Å². The molecule has 214 valence electrons. The van der Waals surface area contributed by atoms with Gasteiger partial charge in [0.15, 0.2) is 0 Å². The Kier molecular flexibility index (Phi) is 11.6. The molecule has 0 aliphatic rings. The molecule has 2 amide bonds. The van der Waals surface area contributed by atoms with Crippen LogP contribution in [0.15, 0.2) is 84.9 Å². The van der Waals surface area contributed by atoms with E-state index in [2.05, 4.69) is 5.32 Å². The molecule has 1 N–H and O–H groups in total. The van der Waals surface area contributed by atoms with Crippen LogP contribution in [-0.2, 0) is 32.6 Å². The van der Waals surface area contributed by atoms with Crippen LogP contribution in [0.2, 0.25) is 0 Å². The minimum atomic E-state index is -3.64. The number of hydrogen-bond acceptors (Lipinski definition) is 5. The second-order valence-electron chi connectivity index (χ2n) is 9.45. The summed E-state index contributed by atoms with van der Waals surface area (Å²) in [5.74, 6) is 0.0215. The second kappa shape index (κ2) is 15.1. The van der Waals surface area contributed by atoms with Gasteiger partial charge in [-0.3, -0.25) is 13.9 Å². The van der Waals surface area contributed by atoms with Gasteiger partial charge in [-0.05, 0) is 43.5 Å². The number of rotatable bonds is 15. The minimum absolute atomic E-state index is 0.0698. The molecule has 0 saturated heterocycles. The number of anilines is 1. The molecule has 8 nitrogen and oxygen atoms in total. The number of sulfonamides is 1. The van der Waals surface area contributed by atoms with Crippen LogP contribution in [0.4, 0.5) is 5.69 Å². The molecule has 0 radical (unpaired) electrons. The summed E-state index contributed by atoms with van der Waals surface area (Å²) in [4.78, 5) is 28.7. The normalized spacial score (nSPS) is 11.9. The summed E-state index contributed by atoms with van der Waals surface area (Å²) >= 11 is 0. The predicted octanol–water partition coefficient (Wildman–Crippen LogP) is 4.41. The number of nitrogens with zero attached hydrogens (tertiary/aromatic N) is 2. The summed E-state index contributed by atoms with van der Waals surface area (Å²) in [7, 11) is -3.64. The standard InChI is InChI=1S/C31H39N3O5S/c1-4-32-31(36)28(23-25-15-8-6-9-16-25)33(24-26-17-10-7-11-18-26)30(35)21-14-22-34(40(3,37)38)27-19-12-13-20-29(27)39-5-2/h6-13,15-20,28H,4-5,14,21-24H2,1-3H3,(H,32,36)/t28-/m1/s1. The first-order chi connectivity index (χ1) is 19.2. The zero-order chi connectivity index (χ0) is 29.0. The smallest absolute Gasteiger partial charge is 0.243 e. The van der Waals surface area contributed by atoms with Crippen molar-refractivity contribution in [2.24, 2.45) is 0 Å². The summed E-state index contributed by atoms with van der Waals surface area (Å²) in [6.07, 6.45) is 1.85. The number of ether oxygens (including phenoxy) is 1. The van der Waals surface area contributed by atoms with Gasteiger partial charge in [-0.1, -0.05) is 72.8 Å². The van der Waals surface area contributed by atoms with Gasteiger partial charge in [-0.25, -0.2) is 8.42 Å². The molecule has 0 aliphatic heterocycles. The van der Waals surface area contributed by atoms with Crippen LogP contribution in [0.25, 0.3) is 0 Å². The SMILES string of the molecule is CCNC(=O)[C@@H](Cc1ccccc1)N(Cc1ccccc1)C(=O)CCCN(c1ccccc1OCC)S(C)(=O)=O. The van der Waals surface area contributed by atoms with Crippen molar-refractivity contribution in [1.29, 1.82) is 0 Å². The molecule has 0 saturated carbocycles. The average molecular weight is 566 g/mol. The van der Waals surface area contributed by atoms with Crippen molar-refractivity contribution < 1.29 is 22.7 Å². The Morgan fingerprint density at radius 3 is 2.08 bits per heavy atom. The third kappa shape index (κ3) is 8.84. The van der Waals surface area contributed by atoms with Crippen molar-refractivity contribution >= 4 is 27.5 Å². The Bertz CT molecular complexity index is 1330. The zero-order valence-corrected chi connectivity index (χ0v) is 24.3. The van der Waals surface area contributed by atoms with E-state index in [1.807, 2.05) is 74.5 Å². The van der Waals surface area contributed by atoms with E-state index in [1.54, 1.807) is 29.2 Å². The highest BCUT2D eigenvalue weighted by Gasteiger charge is 2.30. The van der Waals surface area contributed by atoms with Crippen LogP contribution >= 0.6 is 0 Å². The van der Waals surface area contributed by atoms with Gasteiger partial charge in [0.05, 0.1) is 18.6 Å². The average Bonchev–Trinajstić information content (AvgIpc) is 2.94. The van der Waals surface area contributed by atoms with Gasteiger partial charge in [-0.2, -0.15) is 0 Å². The van der Waals surface area contributed by atoms with Gasteiger partial charge >= 0.3 is 0 Å². The lowest BCUT2D eigenvalue weighted by atomic mass is 10.0. The van der Waals surface area contributed by atoms with Gasteiger partial charge in [0, 0.05) is 32.5 Å². The first-order valence-corrected chi connectivity index (χ1v) is 15.4. The van der Waals surface area contributed by atoms with Gasteiger partial charge in [0.2, 0.25) is 21.8 Å². The number of amides is 2. The maximum absolute atomic E-state index is 13.8. The van der Waals surface area contributed by atoms with E-state index < -0.39 is 16.1 Å². The van der Waals surface area contributed by atoms with Crippen molar-refractivity contribution in [2.45, 2.75) is 45.7 Å². The Morgan fingerprint density at radius 1 is 0.875 bits per heavy atom. The summed E-state index contributed by atoms with van der Waals surface area (Å²) < 4.78 is 32.4. The van der Waals surface area contributed by atoms with E-state index in [4.69, 9.17) is 4.74 Å². The lowest BCUT2D eigenvalue weighted by molar-refractivity contribution is -0.141. The molecular formula is C31H39N3O5S. The molecule has 0 spiro atoms. The highest BCUT2D eigenvalue weighted by molar-refractivity contribution is 7.92. The predicted molar refractivity (Wildman–Crippen MR) is 159 cm³/mol. The molecule has 3 aromatic rings. The maximum atomic E-state index is 13.8. The fourth-order valence-electron chi connectivity index (χ4n) is 4.55. The number of para-hydroxylation sites is 2. The molecule has 9 heteroatoms. The summed E-state index contributed by atoms with van der Waals surface area (Å²) in [6, 6.07) is 25.4. The number of carbonyl (C=O) groups is 2. The molecule has 0 fully saturated rings. The number of likely N-dealkylation sites (N-methyl/N-ethyl adjacent to an activating group) is 1. The van der Waals surface area contributed by atoms with Crippen LogP contribution < -0.4 is 14.4 Å². The third-order valence-corrected chi connectivity index (χ3v) is 7.58. The Hall–Kier alpha value is -3.85. The van der Waals surface area contributed by atoms with Crippen molar-refractivity contribution in [3.05, 3.63) is 96.1 Å². The Labute approximate surface area is 238 Å². The first-order valence-electron chi connectivity index (χ1n) is 13.6. The van der Waals surface area contributed by atoms with Crippen LogP contribution in [-0.4, -0.2) is 57.1 Å². The van der Waals surface area contributed by atoms with Crippen molar-refractivity contribution in [3.63, 3.8) is 0 Å². The molecule has 0 heterocycles. The lowest BCUT2D eigenvalue weighted by Crippen LogP contribution is -2.50. The molecule has 0 bridgehead atoms. The summed E-state index contributed by atoms with van der Waals surface area (Å²) in [5, 5.41) is 2.89. The highest BCUT2D eigenvalue weighted by atomic mass is 32.2. The Balaban J connectivity index is 1.85. The lowest BCUT2D eigenvalue weighted by Gasteiger charge is -2.32. The van der Waals surface area contributed by atoms with Gasteiger partial charge in [0.1, 0.15) is 11.8 Å². The van der Waals surface area contributed by atoms with E-state index in [9.17, 15) is 18.0 Å². The van der Waals surface area contributed by atoms with Crippen LogP contribution in [0.1, 0.15) is 37.8 Å². The largest absolute Gasteiger partial charge is 0.492 e. The Morgan fingerprint density at radius 2 is 1.48 bits per heavy atom. The maximum Gasteiger partial charge on any atom is 0.243 e. The van der Waals surface area contributed by atoms with Crippen molar-refractivity contribution in [2.75, 3.05) is 30.3 Å².